The summed E-state index contributed by atoms with van der Waals surface area (Å²) < 4.78 is 69.0. The molecule has 31 heavy (non-hydrogen) atoms. The molecule has 4 aromatic rings. The molecule has 0 unspecified atom stereocenters. The Labute approximate surface area is 177 Å². The van der Waals surface area contributed by atoms with E-state index in [1.807, 2.05) is 0 Å². The van der Waals surface area contributed by atoms with E-state index >= 15 is 4.39 Å². The lowest BCUT2D eigenvalue weighted by Gasteiger charge is -2.12. The summed E-state index contributed by atoms with van der Waals surface area (Å²) >= 11 is 0. The van der Waals surface area contributed by atoms with Crippen LogP contribution in [-0.2, 0) is 9.84 Å². The van der Waals surface area contributed by atoms with E-state index in [-0.39, 0.29) is 27.7 Å². The summed E-state index contributed by atoms with van der Waals surface area (Å²) in [7, 11) is -3.40. The molecule has 4 nitrogen and oxygen atoms in total. The van der Waals surface area contributed by atoms with E-state index in [1.54, 1.807) is 25.1 Å². The summed E-state index contributed by atoms with van der Waals surface area (Å²) in [6.45, 7) is 1.55. The maximum Gasteiger partial charge on any atom is 0.178 e. The van der Waals surface area contributed by atoms with E-state index in [2.05, 4.69) is 4.98 Å². The summed E-state index contributed by atoms with van der Waals surface area (Å²) in [6, 6.07) is 14.0. The number of imidazole rings is 1. The lowest BCUT2D eigenvalue weighted by molar-refractivity contribution is 0.585. The van der Waals surface area contributed by atoms with Crippen LogP contribution in [0.15, 0.2) is 78.0 Å². The third kappa shape index (κ3) is 3.86. The number of benzene rings is 3. The van der Waals surface area contributed by atoms with Crippen molar-refractivity contribution in [1.29, 1.82) is 0 Å². The molecule has 0 fully saturated rings. The average molecular weight is 442 g/mol. The van der Waals surface area contributed by atoms with Gasteiger partial charge in [-0.25, -0.2) is 26.6 Å². The fourth-order valence-corrected chi connectivity index (χ4v) is 4.24. The molecule has 0 aliphatic rings. The van der Waals surface area contributed by atoms with Crippen LogP contribution in [0.5, 0.6) is 0 Å². The van der Waals surface area contributed by atoms with E-state index in [9.17, 15) is 17.2 Å². The number of hydrogen-bond donors (Lipinski definition) is 0. The van der Waals surface area contributed by atoms with Gasteiger partial charge in [0.2, 0.25) is 0 Å². The number of halogens is 3. The van der Waals surface area contributed by atoms with Crippen molar-refractivity contribution in [3.8, 4) is 28.2 Å². The first-order valence-electron chi connectivity index (χ1n) is 9.42. The van der Waals surface area contributed by atoms with E-state index in [0.29, 0.717) is 11.1 Å². The standard InChI is InChI=1S/C23H17F3N2O2S/c1-2-31(29,30)17-6-3-5-15(13-17)16-9-10-21(20(26)14-16)28-12-11-27-23(28)22-18(24)7-4-8-19(22)25/h3-14H,2H2,1H3. The first-order valence-corrected chi connectivity index (χ1v) is 11.1. The summed E-state index contributed by atoms with van der Waals surface area (Å²) in [5.74, 6) is -2.38. The molecule has 0 saturated heterocycles. The van der Waals surface area contributed by atoms with Crippen LogP contribution in [0.1, 0.15) is 6.92 Å². The molecule has 0 spiro atoms. The van der Waals surface area contributed by atoms with Gasteiger partial charge in [0, 0.05) is 12.4 Å². The van der Waals surface area contributed by atoms with E-state index in [4.69, 9.17) is 0 Å². The largest absolute Gasteiger partial charge is 0.297 e. The van der Waals surface area contributed by atoms with Crippen LogP contribution >= 0.6 is 0 Å². The highest BCUT2D eigenvalue weighted by Gasteiger charge is 2.19. The van der Waals surface area contributed by atoms with Gasteiger partial charge in [0.25, 0.3) is 0 Å². The fourth-order valence-electron chi connectivity index (χ4n) is 3.31. The molecule has 1 aromatic heterocycles. The topological polar surface area (TPSA) is 52.0 Å². The zero-order chi connectivity index (χ0) is 22.2. The van der Waals surface area contributed by atoms with E-state index < -0.39 is 27.3 Å². The van der Waals surface area contributed by atoms with Gasteiger partial charge in [-0.3, -0.25) is 4.57 Å². The highest BCUT2D eigenvalue weighted by atomic mass is 32.2. The number of rotatable bonds is 5. The monoisotopic (exact) mass is 442 g/mol. The minimum Gasteiger partial charge on any atom is -0.297 e. The minimum atomic E-state index is -3.40. The van der Waals surface area contributed by atoms with Crippen LogP contribution < -0.4 is 0 Å². The summed E-state index contributed by atoms with van der Waals surface area (Å²) in [5, 5.41) is 0. The summed E-state index contributed by atoms with van der Waals surface area (Å²) in [4.78, 5) is 4.16. The van der Waals surface area contributed by atoms with Crippen LogP contribution in [0.4, 0.5) is 13.2 Å². The predicted octanol–water partition coefficient (Wildman–Crippen LogP) is 5.42. The first-order chi connectivity index (χ1) is 14.8. The van der Waals surface area contributed by atoms with E-state index in [0.717, 1.165) is 12.1 Å². The summed E-state index contributed by atoms with van der Waals surface area (Å²) in [6.07, 6.45) is 2.74. The van der Waals surface area contributed by atoms with E-state index in [1.165, 1.54) is 47.3 Å². The molecule has 0 amide bonds. The number of aromatic nitrogens is 2. The lowest BCUT2D eigenvalue weighted by atomic mass is 10.0. The molecular weight excluding hydrogens is 425 g/mol. The smallest absolute Gasteiger partial charge is 0.178 e. The Kier molecular flexibility index (Phi) is 5.41. The van der Waals surface area contributed by atoms with Crippen molar-refractivity contribution >= 4 is 9.84 Å². The third-order valence-electron chi connectivity index (χ3n) is 4.94. The lowest BCUT2D eigenvalue weighted by Crippen LogP contribution is -2.04. The van der Waals surface area contributed by atoms with Crippen LogP contribution in [0.3, 0.4) is 0 Å². The number of hydrogen-bond acceptors (Lipinski definition) is 3. The van der Waals surface area contributed by atoms with Gasteiger partial charge >= 0.3 is 0 Å². The molecule has 158 valence electrons. The SMILES string of the molecule is CCS(=O)(=O)c1cccc(-c2ccc(-n3ccnc3-c3c(F)cccc3F)c(F)c2)c1. The van der Waals surface area contributed by atoms with Gasteiger partial charge in [0.05, 0.1) is 21.9 Å². The Morgan fingerprint density at radius 1 is 0.871 bits per heavy atom. The van der Waals surface area contributed by atoms with Crippen LogP contribution in [-0.4, -0.2) is 23.7 Å². The van der Waals surface area contributed by atoms with Crippen LogP contribution in [0, 0.1) is 17.5 Å². The van der Waals surface area contributed by atoms with Gasteiger partial charge in [0.15, 0.2) is 15.7 Å². The first kappa shape index (κ1) is 20.9. The molecule has 3 aromatic carbocycles. The Morgan fingerprint density at radius 3 is 2.23 bits per heavy atom. The van der Waals surface area contributed by atoms with Gasteiger partial charge in [-0.1, -0.05) is 31.2 Å². The van der Waals surface area contributed by atoms with Gasteiger partial charge in [-0.15, -0.1) is 0 Å². The molecule has 8 heteroatoms. The summed E-state index contributed by atoms with van der Waals surface area (Å²) in [5.41, 5.74) is 0.698. The number of sulfone groups is 1. The van der Waals surface area contributed by atoms with Gasteiger partial charge in [-0.2, -0.15) is 0 Å². The van der Waals surface area contributed by atoms with Crippen molar-refractivity contribution in [3.05, 3.63) is 90.5 Å². The molecule has 1 heterocycles. The fraction of sp³-hybridized carbons (Fsp3) is 0.0870. The van der Waals surface area contributed by atoms with Crippen molar-refractivity contribution in [2.45, 2.75) is 11.8 Å². The van der Waals surface area contributed by atoms with Crippen molar-refractivity contribution in [3.63, 3.8) is 0 Å². The van der Waals surface area contributed by atoms with Gasteiger partial charge < -0.3 is 0 Å². The van der Waals surface area contributed by atoms with Crippen molar-refractivity contribution in [2.24, 2.45) is 0 Å². The molecule has 0 bridgehead atoms. The predicted molar refractivity (Wildman–Crippen MR) is 112 cm³/mol. The third-order valence-corrected chi connectivity index (χ3v) is 6.67. The molecule has 0 atom stereocenters. The highest BCUT2D eigenvalue weighted by Crippen LogP contribution is 2.30. The van der Waals surface area contributed by atoms with Crippen LogP contribution in [0.2, 0.25) is 0 Å². The zero-order valence-electron chi connectivity index (χ0n) is 16.4. The van der Waals surface area contributed by atoms with Crippen molar-refractivity contribution < 1.29 is 21.6 Å². The molecule has 4 rings (SSSR count). The maximum atomic E-state index is 15.0. The number of nitrogens with zero attached hydrogens (tertiary/aromatic N) is 2. The molecule has 0 aliphatic heterocycles. The Hall–Kier alpha value is -3.39. The highest BCUT2D eigenvalue weighted by molar-refractivity contribution is 7.91. The molecule has 0 aliphatic carbocycles. The maximum absolute atomic E-state index is 15.0. The van der Waals surface area contributed by atoms with Crippen molar-refractivity contribution in [2.75, 3.05) is 5.75 Å². The van der Waals surface area contributed by atoms with Gasteiger partial charge in [0.1, 0.15) is 17.5 Å². The Balaban J connectivity index is 1.78. The molecular formula is C23H17F3N2O2S. The Bertz CT molecular complexity index is 1360. The van der Waals surface area contributed by atoms with Gasteiger partial charge in [-0.05, 0) is 47.5 Å². The zero-order valence-corrected chi connectivity index (χ0v) is 17.2. The quantitative estimate of drug-likeness (QED) is 0.415. The second kappa shape index (κ2) is 8.03. The molecule has 0 radical (unpaired) electrons. The average Bonchev–Trinajstić information content (AvgIpc) is 3.22. The second-order valence-electron chi connectivity index (χ2n) is 6.81. The van der Waals surface area contributed by atoms with Crippen molar-refractivity contribution in [1.82, 2.24) is 9.55 Å². The van der Waals surface area contributed by atoms with Crippen LogP contribution in [0.25, 0.3) is 28.2 Å². The molecule has 0 saturated carbocycles. The normalized spacial score (nSPS) is 11.6. The Morgan fingerprint density at radius 2 is 1.55 bits per heavy atom. The minimum absolute atomic E-state index is 0.0419. The molecule has 0 N–H and O–H groups in total. The second-order valence-corrected chi connectivity index (χ2v) is 9.09.